The number of nitrogens with two attached hydrogens (primary N) is 2. The van der Waals surface area contributed by atoms with Crippen molar-refractivity contribution in [3.8, 4) is 12.0 Å². The van der Waals surface area contributed by atoms with Gasteiger partial charge < -0.3 is 11.5 Å². The fourth-order valence-electron chi connectivity index (χ4n) is 1.89. The van der Waals surface area contributed by atoms with Crippen LogP contribution >= 0.6 is 0 Å². The number of aromatic nitrogens is 8. The number of aryl methyl sites for hydroxylation is 1. The van der Waals surface area contributed by atoms with E-state index in [9.17, 15) is 0 Å². The summed E-state index contributed by atoms with van der Waals surface area (Å²) in [5, 5.41) is 19.4. The Hall–Kier alpha value is -3.94. The smallest absolute Gasteiger partial charge is 0.252 e. The van der Waals surface area contributed by atoms with Crippen LogP contribution in [0.4, 0.5) is 11.5 Å². The second-order valence-corrected chi connectivity index (χ2v) is 4.66. The van der Waals surface area contributed by atoms with E-state index in [0.717, 1.165) is 5.82 Å². The van der Waals surface area contributed by atoms with Gasteiger partial charge in [0.25, 0.3) is 5.95 Å². The molecule has 0 spiro atoms. The number of hydrogen-bond acceptors (Lipinski definition) is 8. The third-order valence-electron chi connectivity index (χ3n) is 2.98. The van der Waals surface area contributed by atoms with Crippen molar-refractivity contribution in [2.45, 2.75) is 6.92 Å². The van der Waals surface area contributed by atoms with Crippen molar-refractivity contribution in [2.24, 2.45) is 0 Å². The van der Waals surface area contributed by atoms with Gasteiger partial charge in [0.15, 0.2) is 5.65 Å². The maximum Gasteiger partial charge on any atom is 0.252 e. The summed E-state index contributed by atoms with van der Waals surface area (Å²) in [6.07, 6.45) is 6.11. The van der Waals surface area contributed by atoms with Crippen LogP contribution in [0.1, 0.15) is 11.4 Å². The lowest BCUT2D eigenvalue weighted by Crippen LogP contribution is -2.06. The second kappa shape index (κ2) is 6.05. The number of hydrogen-bond donors (Lipinski definition) is 3. The minimum atomic E-state index is 0.249. The summed E-state index contributed by atoms with van der Waals surface area (Å²) in [7, 11) is 0. The van der Waals surface area contributed by atoms with Crippen molar-refractivity contribution in [1.29, 1.82) is 5.26 Å². The van der Waals surface area contributed by atoms with E-state index in [0.29, 0.717) is 22.8 Å². The van der Waals surface area contributed by atoms with Gasteiger partial charge in [-0.25, -0.2) is 15.0 Å². The molecule has 11 heteroatoms. The van der Waals surface area contributed by atoms with Crippen molar-refractivity contribution < 1.29 is 0 Å². The Labute approximate surface area is 135 Å². The zero-order valence-corrected chi connectivity index (χ0v) is 12.6. The van der Waals surface area contributed by atoms with Crippen LogP contribution in [0, 0.1) is 18.3 Å². The molecule has 0 bridgehead atoms. The Kier molecular flexibility index (Phi) is 3.77. The lowest BCUT2D eigenvalue weighted by molar-refractivity contribution is 0.806. The molecule has 0 unspecified atom stereocenters. The normalized spacial score (nSPS) is 10.2. The first-order valence-corrected chi connectivity index (χ1v) is 6.77. The molecule has 0 aromatic carbocycles. The van der Waals surface area contributed by atoms with Gasteiger partial charge in [0.1, 0.15) is 23.3 Å². The molecule has 24 heavy (non-hydrogen) atoms. The molecule has 4 heterocycles. The van der Waals surface area contributed by atoms with Crippen LogP contribution in [0.25, 0.3) is 11.6 Å². The molecule has 0 saturated carbocycles. The molecule has 4 aromatic rings. The first-order valence-electron chi connectivity index (χ1n) is 6.77. The van der Waals surface area contributed by atoms with Crippen LogP contribution in [-0.4, -0.2) is 39.6 Å². The predicted octanol–water partition coefficient (Wildman–Crippen LogP) is 0.0642. The van der Waals surface area contributed by atoms with Gasteiger partial charge in [-0.3, -0.25) is 5.10 Å². The average Bonchev–Trinajstić information content (AvgIpc) is 3.25. The van der Waals surface area contributed by atoms with E-state index in [1.165, 1.54) is 10.9 Å². The molecule has 0 fully saturated rings. The van der Waals surface area contributed by atoms with E-state index in [1.807, 2.05) is 13.0 Å². The van der Waals surface area contributed by atoms with Crippen LogP contribution in [0.15, 0.2) is 30.9 Å². The largest absolute Gasteiger partial charge is 0.394 e. The molecule has 4 aromatic heterocycles. The van der Waals surface area contributed by atoms with Crippen molar-refractivity contribution in [2.75, 3.05) is 11.5 Å². The number of nitrogens with zero attached hydrogens (tertiary/aromatic N) is 8. The predicted molar refractivity (Wildman–Crippen MR) is 84.8 cm³/mol. The van der Waals surface area contributed by atoms with Gasteiger partial charge in [-0.1, -0.05) is 0 Å². The summed E-state index contributed by atoms with van der Waals surface area (Å²) < 4.78 is 2.86. The minimum Gasteiger partial charge on any atom is -0.394 e. The first kappa shape index (κ1) is 15.0. The van der Waals surface area contributed by atoms with E-state index in [2.05, 4.69) is 30.2 Å². The van der Waals surface area contributed by atoms with Gasteiger partial charge in [-0.2, -0.15) is 24.8 Å². The van der Waals surface area contributed by atoms with Gasteiger partial charge in [0.2, 0.25) is 0 Å². The molecule has 0 amide bonds. The van der Waals surface area contributed by atoms with Crippen LogP contribution in [-0.2, 0) is 0 Å². The monoisotopic (exact) mass is 323 g/mol. The Morgan fingerprint density at radius 3 is 2.54 bits per heavy atom. The molecule has 0 aliphatic carbocycles. The van der Waals surface area contributed by atoms with Crippen molar-refractivity contribution >= 4 is 17.2 Å². The zero-order chi connectivity index (χ0) is 17.1. The standard InChI is InChI=1S/C8H6N6.C5H7N5/c9-4-6-5-13-14(7(6)10)8-11-2-1-3-12-8;1-3-8-5-4(6)2-7-10(5)9-3/h1-3,5H,10H2;2H,6H2,1H3,(H,8,9). The van der Waals surface area contributed by atoms with Crippen molar-refractivity contribution in [3.05, 3.63) is 42.2 Å². The molecule has 120 valence electrons. The number of nitrogen functional groups attached to an aromatic ring is 2. The van der Waals surface area contributed by atoms with Gasteiger partial charge >= 0.3 is 0 Å². The Morgan fingerprint density at radius 1 is 1.17 bits per heavy atom. The second-order valence-electron chi connectivity index (χ2n) is 4.66. The molecule has 0 aliphatic rings. The van der Waals surface area contributed by atoms with Crippen molar-refractivity contribution in [1.82, 2.24) is 39.6 Å². The highest BCUT2D eigenvalue weighted by Crippen LogP contribution is 2.12. The molecule has 4 rings (SSSR count). The van der Waals surface area contributed by atoms with Crippen LogP contribution in [0.3, 0.4) is 0 Å². The topological polar surface area (TPSA) is 165 Å². The highest BCUT2D eigenvalue weighted by atomic mass is 15.5. The molecule has 0 aliphatic heterocycles. The fourth-order valence-corrected chi connectivity index (χ4v) is 1.89. The third kappa shape index (κ3) is 2.71. The number of aromatic amines is 1. The van der Waals surface area contributed by atoms with Crippen molar-refractivity contribution in [3.63, 3.8) is 0 Å². The number of rotatable bonds is 1. The summed E-state index contributed by atoms with van der Waals surface area (Å²) in [4.78, 5) is 12.0. The summed E-state index contributed by atoms with van der Waals surface area (Å²) in [5.74, 6) is 1.42. The Morgan fingerprint density at radius 2 is 1.92 bits per heavy atom. The molecule has 0 saturated heterocycles. The van der Waals surface area contributed by atoms with Gasteiger partial charge in [0, 0.05) is 12.4 Å². The van der Waals surface area contributed by atoms with Crippen LogP contribution in [0.5, 0.6) is 0 Å². The summed E-state index contributed by atoms with van der Waals surface area (Å²) in [6, 6.07) is 3.61. The maximum atomic E-state index is 8.65. The highest BCUT2D eigenvalue weighted by Gasteiger charge is 2.09. The SMILES string of the molecule is Cc1nc2c(N)cnn2[nH]1.N#Cc1cnn(-c2ncccn2)c1N. The van der Waals surface area contributed by atoms with E-state index >= 15 is 0 Å². The Bertz CT molecular complexity index is 1000. The summed E-state index contributed by atoms with van der Waals surface area (Å²) in [6.45, 7) is 1.86. The maximum absolute atomic E-state index is 8.65. The van der Waals surface area contributed by atoms with Gasteiger partial charge in [-0.15, -0.1) is 0 Å². The van der Waals surface area contributed by atoms with E-state index in [4.69, 9.17) is 16.7 Å². The average molecular weight is 323 g/mol. The van der Waals surface area contributed by atoms with E-state index < -0.39 is 0 Å². The van der Waals surface area contributed by atoms with E-state index in [-0.39, 0.29) is 5.82 Å². The number of nitriles is 1. The molecule has 0 radical (unpaired) electrons. The first-order chi connectivity index (χ1) is 11.6. The molecule has 0 atom stereocenters. The minimum absolute atomic E-state index is 0.249. The lowest BCUT2D eigenvalue weighted by Gasteiger charge is -1.99. The van der Waals surface area contributed by atoms with Crippen LogP contribution in [0.2, 0.25) is 0 Å². The Balaban J connectivity index is 0.000000149. The molecular weight excluding hydrogens is 310 g/mol. The molecular formula is C13H13N11. The number of H-pyrrole nitrogens is 1. The lowest BCUT2D eigenvalue weighted by atomic mass is 10.4. The van der Waals surface area contributed by atoms with Gasteiger partial charge in [-0.05, 0) is 13.0 Å². The van der Waals surface area contributed by atoms with E-state index in [1.54, 1.807) is 29.3 Å². The summed E-state index contributed by atoms with van der Waals surface area (Å²) >= 11 is 0. The highest BCUT2D eigenvalue weighted by molar-refractivity contribution is 5.62. The number of nitrogens with one attached hydrogen (secondary N) is 1. The molecule has 5 N–H and O–H groups in total. The third-order valence-corrected chi connectivity index (χ3v) is 2.98. The van der Waals surface area contributed by atoms with Crippen LogP contribution < -0.4 is 11.5 Å². The molecule has 11 nitrogen and oxygen atoms in total. The quantitative estimate of drug-likeness (QED) is 0.442. The number of anilines is 2. The zero-order valence-electron chi connectivity index (χ0n) is 12.6. The number of fused-ring (bicyclic) bond motifs is 1. The van der Waals surface area contributed by atoms with Gasteiger partial charge in [0.05, 0.1) is 18.1 Å². The fraction of sp³-hybridized carbons (Fsp3) is 0.0769. The summed E-state index contributed by atoms with van der Waals surface area (Å²) in [5.41, 5.74) is 12.8.